The number of piperazine rings is 1. The third-order valence-electron chi connectivity index (χ3n) is 4.87. The monoisotopic (exact) mass is 404 g/mol. The molecule has 2 aromatic carbocycles. The maximum Gasteiger partial charge on any atom is 0.203 e. The van der Waals surface area contributed by atoms with Gasteiger partial charge >= 0.3 is 0 Å². The Hall–Kier alpha value is -2.44. The number of rotatable bonds is 7. The van der Waals surface area contributed by atoms with E-state index < -0.39 is 0 Å². The van der Waals surface area contributed by atoms with Gasteiger partial charge in [-0.3, -0.25) is 5.01 Å². The fourth-order valence-corrected chi connectivity index (χ4v) is 3.44. The number of methoxy groups -OCH3 is 3. The van der Waals surface area contributed by atoms with Crippen LogP contribution < -0.4 is 19.1 Å². The zero-order valence-corrected chi connectivity index (χ0v) is 17.3. The van der Waals surface area contributed by atoms with E-state index in [0.29, 0.717) is 17.2 Å². The van der Waals surface area contributed by atoms with Crippen LogP contribution in [0.25, 0.3) is 0 Å². The molecule has 28 heavy (non-hydrogen) atoms. The summed E-state index contributed by atoms with van der Waals surface area (Å²) in [5.74, 6) is 1.84. The van der Waals surface area contributed by atoms with Crippen LogP contribution >= 0.6 is 11.6 Å². The van der Waals surface area contributed by atoms with Gasteiger partial charge in [-0.15, -0.1) is 0 Å². The van der Waals surface area contributed by atoms with Crippen LogP contribution in [0.5, 0.6) is 17.2 Å². The van der Waals surface area contributed by atoms with E-state index in [1.807, 2.05) is 30.5 Å². The van der Waals surface area contributed by atoms with E-state index in [1.54, 1.807) is 26.2 Å². The van der Waals surface area contributed by atoms with Gasteiger partial charge in [-0.25, -0.2) is 0 Å². The maximum absolute atomic E-state index is 5.96. The predicted molar refractivity (Wildman–Crippen MR) is 111 cm³/mol. The zero-order chi connectivity index (χ0) is 19.9. The smallest absolute Gasteiger partial charge is 0.203 e. The predicted octanol–water partition coefficient (Wildman–Crippen LogP) is 2.10. The Kier molecular flexibility index (Phi) is 7.01. The van der Waals surface area contributed by atoms with Gasteiger partial charge in [0.05, 0.1) is 53.7 Å². The summed E-state index contributed by atoms with van der Waals surface area (Å²) >= 11 is 5.96. The van der Waals surface area contributed by atoms with E-state index in [-0.39, 0.29) is 0 Å². The van der Waals surface area contributed by atoms with Gasteiger partial charge in [0.2, 0.25) is 5.75 Å². The van der Waals surface area contributed by atoms with E-state index in [9.17, 15) is 0 Å². The zero-order valence-electron chi connectivity index (χ0n) is 16.6. The molecular formula is C21H27ClN3O3+. The lowest BCUT2D eigenvalue weighted by Gasteiger charge is -2.30. The van der Waals surface area contributed by atoms with E-state index in [1.165, 1.54) is 5.56 Å². The van der Waals surface area contributed by atoms with E-state index in [0.717, 1.165) is 43.3 Å². The number of nitrogens with zero attached hydrogens (tertiary/aromatic N) is 2. The quantitative estimate of drug-likeness (QED) is 0.718. The van der Waals surface area contributed by atoms with Crippen molar-refractivity contribution in [3.05, 3.63) is 52.5 Å². The molecule has 0 aliphatic carbocycles. The van der Waals surface area contributed by atoms with Crippen molar-refractivity contribution in [1.29, 1.82) is 0 Å². The molecule has 0 spiro atoms. The van der Waals surface area contributed by atoms with Crippen LogP contribution in [0.3, 0.4) is 0 Å². The van der Waals surface area contributed by atoms with Crippen molar-refractivity contribution < 1.29 is 19.1 Å². The first-order chi connectivity index (χ1) is 13.6. The molecule has 0 bridgehead atoms. The molecule has 1 aliphatic heterocycles. The number of quaternary nitrogens is 1. The number of nitrogens with one attached hydrogen (secondary N) is 1. The van der Waals surface area contributed by atoms with Gasteiger partial charge in [0, 0.05) is 16.1 Å². The third kappa shape index (κ3) is 5.09. The fourth-order valence-electron chi connectivity index (χ4n) is 3.32. The second-order valence-corrected chi connectivity index (χ2v) is 7.15. The summed E-state index contributed by atoms with van der Waals surface area (Å²) in [6.45, 7) is 4.96. The summed E-state index contributed by atoms with van der Waals surface area (Å²) in [5, 5.41) is 7.53. The van der Waals surface area contributed by atoms with Crippen LogP contribution in [0.1, 0.15) is 11.1 Å². The van der Waals surface area contributed by atoms with Gasteiger partial charge in [0.1, 0.15) is 6.54 Å². The highest BCUT2D eigenvalue weighted by Gasteiger charge is 2.19. The molecule has 6 nitrogen and oxygen atoms in total. The molecule has 0 saturated carbocycles. The lowest BCUT2D eigenvalue weighted by atomic mass is 10.2. The molecule has 1 heterocycles. The van der Waals surface area contributed by atoms with Crippen molar-refractivity contribution in [2.45, 2.75) is 6.54 Å². The second-order valence-electron chi connectivity index (χ2n) is 6.71. The Morgan fingerprint density at radius 1 is 1.00 bits per heavy atom. The highest BCUT2D eigenvalue weighted by molar-refractivity contribution is 6.30. The van der Waals surface area contributed by atoms with Crippen LogP contribution in [0.2, 0.25) is 5.02 Å². The number of hydrazone groups is 1. The standard InChI is InChI=1S/C21H26ClN3O3/c1-26-19-12-17(13-20(27-2)21(19)28-3)14-23-25-10-8-24(9-11-25)15-16-4-6-18(22)7-5-16/h4-7,12-14H,8-11,15H2,1-3H3/p+1. The Balaban J connectivity index is 1.58. The number of ether oxygens (including phenoxy) is 3. The molecule has 150 valence electrons. The minimum Gasteiger partial charge on any atom is -0.493 e. The van der Waals surface area contributed by atoms with E-state index >= 15 is 0 Å². The summed E-state index contributed by atoms with van der Waals surface area (Å²) in [6.07, 6.45) is 1.84. The van der Waals surface area contributed by atoms with Gasteiger partial charge < -0.3 is 19.1 Å². The second kappa shape index (κ2) is 9.66. The normalized spacial score (nSPS) is 15.1. The van der Waals surface area contributed by atoms with Crippen LogP contribution in [-0.2, 0) is 6.54 Å². The lowest BCUT2D eigenvalue weighted by molar-refractivity contribution is -0.918. The first-order valence-electron chi connectivity index (χ1n) is 9.30. The molecule has 0 atom stereocenters. The lowest BCUT2D eigenvalue weighted by Crippen LogP contribution is -3.13. The largest absolute Gasteiger partial charge is 0.493 e. The highest BCUT2D eigenvalue weighted by atomic mass is 35.5. The Morgan fingerprint density at radius 3 is 2.14 bits per heavy atom. The Bertz CT molecular complexity index is 778. The molecule has 1 fully saturated rings. The van der Waals surface area contributed by atoms with Crippen molar-refractivity contribution in [1.82, 2.24) is 5.01 Å². The molecule has 0 radical (unpaired) electrons. The molecule has 1 N–H and O–H groups in total. The van der Waals surface area contributed by atoms with Gasteiger partial charge in [-0.2, -0.15) is 5.10 Å². The third-order valence-corrected chi connectivity index (χ3v) is 5.12. The Morgan fingerprint density at radius 2 is 1.61 bits per heavy atom. The molecule has 1 aliphatic rings. The van der Waals surface area contributed by atoms with Crippen molar-refractivity contribution in [3.8, 4) is 17.2 Å². The Labute approximate surface area is 171 Å². The van der Waals surface area contributed by atoms with E-state index in [2.05, 4.69) is 22.2 Å². The molecule has 0 aromatic heterocycles. The number of benzene rings is 2. The minimum absolute atomic E-state index is 0.585. The summed E-state index contributed by atoms with van der Waals surface area (Å²) < 4.78 is 16.2. The maximum atomic E-state index is 5.96. The van der Waals surface area contributed by atoms with Crippen LogP contribution in [0, 0.1) is 0 Å². The van der Waals surface area contributed by atoms with E-state index in [4.69, 9.17) is 25.8 Å². The van der Waals surface area contributed by atoms with Gasteiger partial charge in [-0.1, -0.05) is 23.7 Å². The number of hydrogen-bond acceptors (Lipinski definition) is 5. The van der Waals surface area contributed by atoms with Crippen molar-refractivity contribution >= 4 is 17.8 Å². The molecule has 2 aromatic rings. The van der Waals surface area contributed by atoms with Crippen LogP contribution in [0.15, 0.2) is 41.5 Å². The van der Waals surface area contributed by atoms with Gasteiger partial charge in [-0.05, 0) is 24.3 Å². The van der Waals surface area contributed by atoms with Crippen molar-refractivity contribution in [2.24, 2.45) is 5.10 Å². The average molecular weight is 405 g/mol. The van der Waals surface area contributed by atoms with Gasteiger partial charge in [0.15, 0.2) is 11.5 Å². The molecule has 3 rings (SSSR count). The summed E-state index contributed by atoms with van der Waals surface area (Å²) in [6, 6.07) is 11.9. The number of halogens is 1. The van der Waals surface area contributed by atoms with Crippen LogP contribution in [0.4, 0.5) is 0 Å². The summed E-state index contributed by atoms with van der Waals surface area (Å²) in [5.41, 5.74) is 2.22. The van der Waals surface area contributed by atoms with Crippen molar-refractivity contribution in [3.63, 3.8) is 0 Å². The molecule has 1 saturated heterocycles. The average Bonchev–Trinajstić information content (AvgIpc) is 2.74. The highest BCUT2D eigenvalue weighted by Crippen LogP contribution is 2.37. The SMILES string of the molecule is COc1cc(C=NN2CC[NH+](Cc3ccc(Cl)cc3)CC2)cc(OC)c1OC. The first-order valence-corrected chi connectivity index (χ1v) is 9.67. The van der Waals surface area contributed by atoms with Gasteiger partial charge in [0.25, 0.3) is 0 Å². The molecule has 0 unspecified atom stereocenters. The molecule has 7 heteroatoms. The van der Waals surface area contributed by atoms with Crippen molar-refractivity contribution in [2.75, 3.05) is 47.5 Å². The van der Waals surface area contributed by atoms with Crippen LogP contribution in [-0.4, -0.2) is 58.7 Å². The first kappa shape index (κ1) is 20.3. The fraction of sp³-hybridized carbons (Fsp3) is 0.381. The summed E-state index contributed by atoms with van der Waals surface area (Å²) in [7, 11) is 4.82. The molecular weight excluding hydrogens is 378 g/mol. The summed E-state index contributed by atoms with van der Waals surface area (Å²) in [4.78, 5) is 1.56. The topological polar surface area (TPSA) is 47.7 Å². The minimum atomic E-state index is 0.585. The molecule has 0 amide bonds. The number of hydrogen-bond donors (Lipinski definition) is 1.